The van der Waals surface area contributed by atoms with Crippen molar-refractivity contribution in [3.8, 4) is 11.1 Å². The van der Waals surface area contributed by atoms with E-state index in [1.807, 2.05) is 36.4 Å². The van der Waals surface area contributed by atoms with E-state index in [-0.39, 0.29) is 12.4 Å². The number of ether oxygens (including phenoxy) is 1. The third-order valence-electron chi connectivity index (χ3n) is 4.05. The molecule has 25 heavy (non-hydrogen) atoms. The van der Waals surface area contributed by atoms with Gasteiger partial charge in [-0.05, 0) is 48.1 Å². The molecule has 0 saturated carbocycles. The van der Waals surface area contributed by atoms with Crippen molar-refractivity contribution in [2.75, 3.05) is 7.11 Å². The topological polar surface area (TPSA) is 83.8 Å². The number of carboxylic acid groups (broad SMARTS) is 1. The first-order chi connectivity index (χ1) is 12.0. The molecule has 0 aromatic heterocycles. The molecule has 0 bridgehead atoms. The molecule has 0 aliphatic carbocycles. The minimum atomic E-state index is -0.808. The fourth-order valence-electron chi connectivity index (χ4n) is 2.59. The smallest absolute Gasteiger partial charge is 0.337 e. The van der Waals surface area contributed by atoms with Crippen LogP contribution in [0.5, 0.6) is 0 Å². The quantitative estimate of drug-likeness (QED) is 0.563. The van der Waals surface area contributed by atoms with E-state index in [0.717, 1.165) is 16.7 Å². The standard InChI is InChI=1S/C20H22O5/c1-25-20(24)17-12-8-15(9-13-17)14-6-10-16(11-7-14)18(21)4-2-3-5-19(22)23/h6-13,18,21H,2-5H2,1H3,(H,22,23)/t18-/m1/s1. The number of carbonyl (C=O) groups excluding carboxylic acids is 1. The van der Waals surface area contributed by atoms with Crippen LogP contribution in [0.4, 0.5) is 0 Å². The summed E-state index contributed by atoms with van der Waals surface area (Å²) in [6.45, 7) is 0. The largest absolute Gasteiger partial charge is 0.481 e. The zero-order valence-electron chi connectivity index (χ0n) is 14.1. The number of esters is 1. The molecule has 5 nitrogen and oxygen atoms in total. The molecular weight excluding hydrogens is 320 g/mol. The van der Waals surface area contributed by atoms with Crippen LogP contribution in [0, 0.1) is 0 Å². The lowest BCUT2D eigenvalue weighted by Gasteiger charge is -2.11. The summed E-state index contributed by atoms with van der Waals surface area (Å²) < 4.78 is 4.68. The summed E-state index contributed by atoms with van der Waals surface area (Å²) in [5, 5.41) is 18.8. The fraction of sp³-hybridized carbons (Fsp3) is 0.300. The Balaban J connectivity index is 1.97. The molecule has 0 radical (unpaired) electrons. The van der Waals surface area contributed by atoms with Crippen LogP contribution in [0.25, 0.3) is 11.1 Å². The SMILES string of the molecule is COC(=O)c1ccc(-c2ccc([C@H](O)CCCCC(=O)O)cc2)cc1. The van der Waals surface area contributed by atoms with Crippen LogP contribution in [0.3, 0.4) is 0 Å². The first kappa shape index (κ1) is 18.7. The van der Waals surface area contributed by atoms with Gasteiger partial charge in [-0.25, -0.2) is 4.79 Å². The summed E-state index contributed by atoms with van der Waals surface area (Å²) in [6, 6.07) is 14.7. The van der Waals surface area contributed by atoms with Gasteiger partial charge < -0.3 is 14.9 Å². The molecule has 0 aliphatic rings. The molecule has 2 aromatic carbocycles. The number of benzene rings is 2. The Morgan fingerprint density at radius 3 is 2.04 bits per heavy atom. The maximum atomic E-state index is 11.4. The highest BCUT2D eigenvalue weighted by molar-refractivity contribution is 5.89. The van der Waals surface area contributed by atoms with Crippen molar-refractivity contribution in [3.63, 3.8) is 0 Å². The summed E-state index contributed by atoms with van der Waals surface area (Å²) in [5.74, 6) is -1.18. The van der Waals surface area contributed by atoms with Crippen molar-refractivity contribution in [1.29, 1.82) is 0 Å². The van der Waals surface area contributed by atoms with Gasteiger partial charge in [-0.15, -0.1) is 0 Å². The monoisotopic (exact) mass is 342 g/mol. The van der Waals surface area contributed by atoms with Gasteiger partial charge in [0.1, 0.15) is 0 Å². The Labute approximate surface area is 146 Å². The molecule has 1 atom stereocenters. The van der Waals surface area contributed by atoms with Crippen molar-refractivity contribution in [2.24, 2.45) is 0 Å². The van der Waals surface area contributed by atoms with Gasteiger partial charge in [0.15, 0.2) is 0 Å². The number of unbranched alkanes of at least 4 members (excludes halogenated alkanes) is 1. The highest BCUT2D eigenvalue weighted by Gasteiger charge is 2.09. The molecule has 0 spiro atoms. The number of carboxylic acids is 1. The Morgan fingerprint density at radius 2 is 1.52 bits per heavy atom. The van der Waals surface area contributed by atoms with Gasteiger partial charge in [-0.1, -0.05) is 36.4 Å². The number of rotatable bonds is 8. The highest BCUT2D eigenvalue weighted by atomic mass is 16.5. The first-order valence-electron chi connectivity index (χ1n) is 8.20. The normalized spacial score (nSPS) is 11.8. The molecule has 2 rings (SSSR count). The maximum Gasteiger partial charge on any atom is 0.337 e. The van der Waals surface area contributed by atoms with Crippen LogP contribution in [0.2, 0.25) is 0 Å². The Hall–Kier alpha value is -2.66. The molecule has 0 unspecified atom stereocenters. The molecule has 5 heteroatoms. The van der Waals surface area contributed by atoms with Gasteiger partial charge in [0.05, 0.1) is 18.8 Å². The number of aliphatic carboxylic acids is 1. The van der Waals surface area contributed by atoms with E-state index >= 15 is 0 Å². The zero-order chi connectivity index (χ0) is 18.2. The predicted molar refractivity (Wildman–Crippen MR) is 94.3 cm³/mol. The van der Waals surface area contributed by atoms with E-state index in [1.54, 1.807) is 12.1 Å². The van der Waals surface area contributed by atoms with E-state index in [2.05, 4.69) is 4.74 Å². The molecule has 2 aromatic rings. The molecule has 0 amide bonds. The molecule has 0 aliphatic heterocycles. The first-order valence-corrected chi connectivity index (χ1v) is 8.20. The number of methoxy groups -OCH3 is 1. The third-order valence-corrected chi connectivity index (χ3v) is 4.05. The lowest BCUT2D eigenvalue weighted by atomic mass is 9.98. The number of hydrogen-bond donors (Lipinski definition) is 2. The maximum absolute atomic E-state index is 11.4. The van der Waals surface area contributed by atoms with Crippen LogP contribution in [0.15, 0.2) is 48.5 Å². The molecule has 2 N–H and O–H groups in total. The van der Waals surface area contributed by atoms with E-state index in [0.29, 0.717) is 24.8 Å². The van der Waals surface area contributed by atoms with E-state index < -0.39 is 12.1 Å². The average molecular weight is 342 g/mol. The van der Waals surface area contributed by atoms with Gasteiger partial charge in [0.25, 0.3) is 0 Å². The minimum Gasteiger partial charge on any atom is -0.481 e. The lowest BCUT2D eigenvalue weighted by Crippen LogP contribution is -2.00. The van der Waals surface area contributed by atoms with Crippen molar-refractivity contribution in [3.05, 3.63) is 59.7 Å². The number of aliphatic hydroxyl groups excluding tert-OH is 1. The van der Waals surface area contributed by atoms with E-state index in [9.17, 15) is 14.7 Å². The molecule has 0 saturated heterocycles. The molecule has 0 fully saturated rings. The minimum absolute atomic E-state index is 0.132. The Morgan fingerprint density at radius 1 is 0.960 bits per heavy atom. The lowest BCUT2D eigenvalue weighted by molar-refractivity contribution is -0.137. The number of aliphatic hydroxyl groups is 1. The number of hydrogen-bond acceptors (Lipinski definition) is 4. The van der Waals surface area contributed by atoms with Gasteiger partial charge in [0.2, 0.25) is 0 Å². The zero-order valence-corrected chi connectivity index (χ0v) is 14.1. The van der Waals surface area contributed by atoms with Gasteiger partial charge in [-0.2, -0.15) is 0 Å². The third kappa shape index (κ3) is 5.43. The van der Waals surface area contributed by atoms with Crippen molar-refractivity contribution in [1.82, 2.24) is 0 Å². The van der Waals surface area contributed by atoms with E-state index in [4.69, 9.17) is 5.11 Å². The highest BCUT2D eigenvalue weighted by Crippen LogP contribution is 2.25. The molecule has 132 valence electrons. The molecule has 0 heterocycles. The molecular formula is C20H22O5. The average Bonchev–Trinajstić information content (AvgIpc) is 2.64. The predicted octanol–water partition coefficient (Wildman–Crippen LogP) is 3.82. The van der Waals surface area contributed by atoms with Crippen LogP contribution in [-0.4, -0.2) is 29.3 Å². The summed E-state index contributed by atoms with van der Waals surface area (Å²) in [4.78, 5) is 21.9. The van der Waals surface area contributed by atoms with Crippen LogP contribution in [-0.2, 0) is 9.53 Å². The van der Waals surface area contributed by atoms with Gasteiger partial charge in [-0.3, -0.25) is 4.79 Å². The van der Waals surface area contributed by atoms with Gasteiger partial charge in [0, 0.05) is 6.42 Å². The summed E-state index contributed by atoms with van der Waals surface area (Å²) in [7, 11) is 1.35. The van der Waals surface area contributed by atoms with Crippen LogP contribution < -0.4 is 0 Å². The second kappa shape index (κ2) is 8.99. The second-order valence-electron chi connectivity index (χ2n) is 5.85. The van der Waals surface area contributed by atoms with Gasteiger partial charge >= 0.3 is 11.9 Å². The Kier molecular flexibility index (Phi) is 6.71. The summed E-state index contributed by atoms with van der Waals surface area (Å²) >= 11 is 0. The van der Waals surface area contributed by atoms with Crippen molar-refractivity contribution in [2.45, 2.75) is 31.8 Å². The van der Waals surface area contributed by atoms with Crippen molar-refractivity contribution < 1.29 is 24.5 Å². The summed E-state index contributed by atoms with van der Waals surface area (Å²) in [6.07, 6.45) is 1.32. The van der Waals surface area contributed by atoms with Crippen LogP contribution in [0.1, 0.15) is 47.7 Å². The fourth-order valence-corrected chi connectivity index (χ4v) is 2.59. The Bertz CT molecular complexity index is 704. The van der Waals surface area contributed by atoms with Crippen molar-refractivity contribution >= 4 is 11.9 Å². The summed E-state index contributed by atoms with van der Waals surface area (Å²) in [5.41, 5.74) is 3.26. The van der Waals surface area contributed by atoms with Crippen LogP contribution >= 0.6 is 0 Å². The second-order valence-corrected chi connectivity index (χ2v) is 5.85. The number of carbonyl (C=O) groups is 2. The van der Waals surface area contributed by atoms with E-state index in [1.165, 1.54) is 7.11 Å².